The van der Waals surface area contributed by atoms with Crippen molar-refractivity contribution >= 4 is 39.4 Å². The molecule has 3 heterocycles. The van der Waals surface area contributed by atoms with Gasteiger partial charge in [0.15, 0.2) is 5.65 Å². The van der Waals surface area contributed by atoms with Crippen LogP contribution in [0.4, 0.5) is 5.82 Å². The van der Waals surface area contributed by atoms with Crippen molar-refractivity contribution in [3.63, 3.8) is 0 Å². The molecule has 1 saturated carbocycles. The lowest BCUT2D eigenvalue weighted by Gasteiger charge is -2.17. The van der Waals surface area contributed by atoms with Gasteiger partial charge < -0.3 is 16.6 Å². The van der Waals surface area contributed by atoms with Gasteiger partial charge in [-0.05, 0) is 79.6 Å². The first-order valence-corrected chi connectivity index (χ1v) is 17.0. The monoisotopic (exact) mass is 672 g/mol. The van der Waals surface area contributed by atoms with Crippen LogP contribution in [-0.4, -0.2) is 40.4 Å². The number of unbranched alkanes of at least 4 members (excludes halogenated alkanes) is 1. The normalized spacial score (nSPS) is 13.9. The Balaban J connectivity index is 1.28. The maximum atomic E-state index is 14.5. The first kappa shape index (κ1) is 32.3. The van der Waals surface area contributed by atoms with E-state index >= 15 is 0 Å². The van der Waals surface area contributed by atoms with Crippen molar-refractivity contribution in [1.82, 2.24) is 29.3 Å². The summed E-state index contributed by atoms with van der Waals surface area (Å²) in [5.41, 5.74) is 16.3. The molecule has 1 aliphatic carbocycles. The Hall–Kier alpha value is -5.24. The standard InChI is InChI=1S/C38H37ClN8O2/c39-29-14-7-6-12-27(29)21-46-32(22-47-37-34(36(41)42-23-43-37)35(45-47)26-17-19-28(48)20-18-26)44-31-16-8-13-25(33(31)38(46)49)11-2-1-3-15-30(40)24-9-4-5-10-24/h6-8,12-14,16-20,23-24,30,48H,1,3-5,9-10,15,21-22,40H2,(H2,41,42,43). The highest BCUT2D eigenvalue weighted by Gasteiger charge is 2.22. The van der Waals surface area contributed by atoms with E-state index in [2.05, 4.69) is 21.8 Å². The van der Waals surface area contributed by atoms with Gasteiger partial charge in [0.2, 0.25) is 0 Å². The zero-order chi connectivity index (χ0) is 33.9. The summed E-state index contributed by atoms with van der Waals surface area (Å²) in [6.07, 6.45) is 9.00. The molecular formula is C38H37ClN8O2. The first-order chi connectivity index (χ1) is 23.9. The van der Waals surface area contributed by atoms with Crippen molar-refractivity contribution in [2.24, 2.45) is 11.7 Å². The van der Waals surface area contributed by atoms with Gasteiger partial charge in [0.25, 0.3) is 5.56 Å². The number of phenols is 1. The Labute approximate surface area is 288 Å². The Morgan fingerprint density at radius 2 is 1.78 bits per heavy atom. The second-order valence-corrected chi connectivity index (χ2v) is 13.0. The minimum absolute atomic E-state index is 0.109. The number of nitrogens with two attached hydrogens (primary N) is 2. The number of halogens is 1. The number of nitrogen functional groups attached to an aromatic ring is 1. The molecule has 1 unspecified atom stereocenters. The number of hydrogen-bond donors (Lipinski definition) is 3. The molecule has 3 aromatic heterocycles. The highest BCUT2D eigenvalue weighted by atomic mass is 35.5. The van der Waals surface area contributed by atoms with Gasteiger partial charge in [-0.15, -0.1) is 0 Å². The first-order valence-electron chi connectivity index (χ1n) is 16.6. The quantitative estimate of drug-likeness (QED) is 0.120. The lowest BCUT2D eigenvalue weighted by Crippen LogP contribution is -2.28. The molecule has 0 amide bonds. The van der Waals surface area contributed by atoms with Crippen LogP contribution in [0.1, 0.15) is 61.9 Å². The summed E-state index contributed by atoms with van der Waals surface area (Å²) in [6, 6.07) is 19.9. The van der Waals surface area contributed by atoms with Gasteiger partial charge in [-0.1, -0.05) is 60.5 Å². The van der Waals surface area contributed by atoms with Gasteiger partial charge in [0.05, 0.1) is 22.8 Å². The average molecular weight is 673 g/mol. The summed E-state index contributed by atoms with van der Waals surface area (Å²) in [6.45, 7) is 0.302. The van der Waals surface area contributed by atoms with Crippen LogP contribution in [0.2, 0.25) is 5.02 Å². The van der Waals surface area contributed by atoms with Crippen LogP contribution >= 0.6 is 11.6 Å². The summed E-state index contributed by atoms with van der Waals surface area (Å²) in [4.78, 5) is 28.2. The molecule has 0 spiro atoms. The minimum Gasteiger partial charge on any atom is -0.508 e. The predicted molar refractivity (Wildman–Crippen MR) is 193 cm³/mol. The molecule has 0 aliphatic heterocycles. The van der Waals surface area contributed by atoms with Crippen molar-refractivity contribution in [2.75, 3.05) is 5.73 Å². The Kier molecular flexibility index (Phi) is 9.29. The van der Waals surface area contributed by atoms with Gasteiger partial charge in [-0.25, -0.2) is 19.6 Å². The van der Waals surface area contributed by atoms with Crippen LogP contribution in [-0.2, 0) is 13.1 Å². The SMILES string of the molecule is Nc1ncnc2c1c(-c1ccc(O)cc1)nn2Cc1nc2cccc(C#CCCCC(N)C3CCCC3)c2c(=O)n1Cc1ccccc1Cl. The fourth-order valence-corrected chi connectivity index (χ4v) is 6.99. The van der Waals surface area contributed by atoms with Gasteiger partial charge in [-0.3, -0.25) is 9.36 Å². The van der Waals surface area contributed by atoms with Crippen LogP contribution in [0.15, 0.2) is 77.9 Å². The molecule has 1 aliphatic rings. The number of benzene rings is 3. The number of nitrogens with zero attached hydrogens (tertiary/aromatic N) is 6. The largest absolute Gasteiger partial charge is 0.508 e. The van der Waals surface area contributed by atoms with E-state index in [1.54, 1.807) is 39.6 Å². The van der Waals surface area contributed by atoms with Crippen molar-refractivity contribution in [2.45, 2.75) is 64.1 Å². The molecule has 7 rings (SSSR count). The summed E-state index contributed by atoms with van der Waals surface area (Å²) in [5.74, 6) is 8.04. The zero-order valence-electron chi connectivity index (χ0n) is 27.0. The lowest BCUT2D eigenvalue weighted by atomic mass is 9.94. The number of aromatic hydroxyl groups is 1. The molecular weight excluding hydrogens is 636 g/mol. The van der Waals surface area contributed by atoms with Crippen LogP contribution in [0.3, 0.4) is 0 Å². The number of rotatable bonds is 9. The molecule has 248 valence electrons. The third-order valence-corrected chi connectivity index (χ3v) is 9.78. The minimum atomic E-state index is -0.225. The Morgan fingerprint density at radius 1 is 0.980 bits per heavy atom. The molecule has 1 fully saturated rings. The summed E-state index contributed by atoms with van der Waals surface area (Å²) in [5, 5.41) is 16.3. The third kappa shape index (κ3) is 6.73. The molecule has 1 atom stereocenters. The summed E-state index contributed by atoms with van der Waals surface area (Å²) >= 11 is 6.59. The highest BCUT2D eigenvalue weighted by molar-refractivity contribution is 6.31. The van der Waals surface area contributed by atoms with Crippen molar-refractivity contribution in [1.29, 1.82) is 0 Å². The molecule has 5 N–H and O–H groups in total. The van der Waals surface area contributed by atoms with Gasteiger partial charge >= 0.3 is 0 Å². The van der Waals surface area contributed by atoms with Gasteiger partial charge in [-0.2, -0.15) is 5.10 Å². The van der Waals surface area contributed by atoms with E-state index in [0.717, 1.165) is 24.0 Å². The number of fused-ring (bicyclic) bond motifs is 2. The fraction of sp³-hybridized carbons (Fsp3) is 0.289. The van der Waals surface area contributed by atoms with Crippen molar-refractivity contribution in [3.8, 4) is 28.8 Å². The smallest absolute Gasteiger partial charge is 0.263 e. The average Bonchev–Trinajstić information content (AvgIpc) is 3.77. The van der Waals surface area contributed by atoms with Crippen LogP contribution in [0, 0.1) is 17.8 Å². The molecule has 0 saturated heterocycles. The topological polar surface area (TPSA) is 151 Å². The van der Waals surface area contributed by atoms with Crippen LogP contribution in [0.5, 0.6) is 5.75 Å². The van der Waals surface area contributed by atoms with E-state index < -0.39 is 0 Å². The molecule has 3 aromatic carbocycles. The van der Waals surface area contributed by atoms with Crippen LogP contribution < -0.4 is 17.0 Å². The van der Waals surface area contributed by atoms with E-state index in [-0.39, 0.29) is 36.3 Å². The summed E-state index contributed by atoms with van der Waals surface area (Å²) in [7, 11) is 0. The second-order valence-electron chi connectivity index (χ2n) is 12.6. The van der Waals surface area contributed by atoms with E-state index in [1.807, 2.05) is 36.4 Å². The Bertz CT molecular complexity index is 2260. The molecule has 10 nitrogen and oxygen atoms in total. The molecule has 0 radical (unpaired) electrons. The number of aromatic nitrogens is 6. The Morgan fingerprint density at radius 3 is 2.57 bits per heavy atom. The zero-order valence-corrected chi connectivity index (χ0v) is 27.8. The predicted octanol–water partition coefficient (Wildman–Crippen LogP) is 6.28. The van der Waals surface area contributed by atoms with Crippen molar-refractivity contribution in [3.05, 3.63) is 105 Å². The molecule has 6 aromatic rings. The molecule has 49 heavy (non-hydrogen) atoms. The fourth-order valence-electron chi connectivity index (χ4n) is 6.80. The molecule has 11 heteroatoms. The lowest BCUT2D eigenvalue weighted by molar-refractivity contribution is 0.403. The van der Waals surface area contributed by atoms with Crippen molar-refractivity contribution < 1.29 is 5.11 Å². The molecule has 0 bridgehead atoms. The van der Waals surface area contributed by atoms with E-state index in [0.29, 0.717) is 56.4 Å². The van der Waals surface area contributed by atoms with Crippen LogP contribution in [0.25, 0.3) is 33.2 Å². The summed E-state index contributed by atoms with van der Waals surface area (Å²) < 4.78 is 3.31. The van der Waals surface area contributed by atoms with E-state index in [4.69, 9.17) is 33.2 Å². The third-order valence-electron chi connectivity index (χ3n) is 9.41. The van der Waals surface area contributed by atoms with Gasteiger partial charge in [0.1, 0.15) is 36.0 Å². The second kappa shape index (κ2) is 14.1. The number of anilines is 1. The van der Waals surface area contributed by atoms with Gasteiger partial charge in [0, 0.05) is 28.6 Å². The van der Waals surface area contributed by atoms with E-state index in [9.17, 15) is 9.90 Å². The maximum absolute atomic E-state index is 14.5. The van der Waals surface area contributed by atoms with E-state index in [1.165, 1.54) is 32.0 Å². The number of hydrogen-bond acceptors (Lipinski definition) is 8. The number of phenolic OH excluding ortho intramolecular Hbond substituents is 1. The maximum Gasteiger partial charge on any atom is 0.263 e. The highest BCUT2D eigenvalue weighted by Crippen LogP contribution is 2.32.